The molecule has 202 valence electrons. The molecule has 1 rings (SSSR count). The normalized spacial score (nSPS) is 23.6. The van der Waals surface area contributed by atoms with E-state index < -0.39 is 61.2 Å². The number of ketones is 1. The number of hydrogen-bond acceptors (Lipinski definition) is 14. The fraction of sp³-hybridized carbons (Fsp3) is 0.636. The quantitative estimate of drug-likeness (QED) is 0.120. The lowest BCUT2D eigenvalue weighted by molar-refractivity contribution is -0.297. The average Bonchev–Trinajstić information content (AvgIpc) is 2.75. The minimum atomic E-state index is -1.44. The van der Waals surface area contributed by atoms with Crippen LogP contribution >= 0.6 is 24.0 Å². The van der Waals surface area contributed by atoms with E-state index in [9.17, 15) is 24.0 Å². The Morgan fingerprint density at radius 3 is 1.89 bits per heavy atom. The van der Waals surface area contributed by atoms with E-state index >= 15 is 0 Å². The Morgan fingerprint density at radius 1 is 0.833 bits per heavy atom. The molecule has 1 aliphatic heterocycles. The SMILES string of the molecule is CCOC(=S)SC/C(=C\O[C@@H]1O[C@H](COC(C)=O)[C@@H](OC(C)=O)[C@H](OC(C)=O)[C@H]1OC(C)=O)C(C)=O. The summed E-state index contributed by atoms with van der Waals surface area (Å²) in [5.41, 5.74) is 0.190. The Labute approximate surface area is 218 Å². The van der Waals surface area contributed by atoms with E-state index in [1.807, 2.05) is 0 Å². The van der Waals surface area contributed by atoms with Crippen molar-refractivity contribution in [2.24, 2.45) is 0 Å². The van der Waals surface area contributed by atoms with Gasteiger partial charge in [-0.25, -0.2) is 0 Å². The van der Waals surface area contributed by atoms with Crippen LogP contribution in [0.25, 0.3) is 0 Å². The monoisotopic (exact) mass is 550 g/mol. The van der Waals surface area contributed by atoms with E-state index in [1.54, 1.807) is 6.92 Å². The van der Waals surface area contributed by atoms with Gasteiger partial charge in [0.1, 0.15) is 12.7 Å². The zero-order chi connectivity index (χ0) is 27.4. The van der Waals surface area contributed by atoms with Crippen molar-refractivity contribution in [3.63, 3.8) is 0 Å². The molecule has 0 unspecified atom stereocenters. The standard InChI is InChI=1S/C22H30O12S2/c1-7-28-22(35)36-10-16(11(2)23)8-30-21-20(33-15(6)27)19(32-14(5)26)18(31-13(4)25)17(34-21)9-29-12(3)24/h8,17-21H,7,9-10H2,1-6H3/b16-8+/t17-,18-,19+,20-,21-/m1/s1. The number of thiocarbonyl (C=S) groups is 1. The van der Waals surface area contributed by atoms with Gasteiger partial charge < -0.3 is 33.2 Å². The van der Waals surface area contributed by atoms with Gasteiger partial charge in [-0.05, 0) is 26.1 Å². The molecule has 0 radical (unpaired) electrons. The number of hydrogen-bond donors (Lipinski definition) is 0. The molecule has 0 amide bonds. The van der Waals surface area contributed by atoms with E-state index in [4.69, 9.17) is 45.4 Å². The van der Waals surface area contributed by atoms with Crippen molar-refractivity contribution in [1.82, 2.24) is 0 Å². The lowest BCUT2D eigenvalue weighted by Crippen LogP contribution is -2.62. The Morgan fingerprint density at radius 2 is 1.39 bits per heavy atom. The molecule has 0 saturated carbocycles. The van der Waals surface area contributed by atoms with Crippen molar-refractivity contribution in [3.8, 4) is 0 Å². The highest BCUT2D eigenvalue weighted by Gasteiger charge is 2.53. The predicted molar refractivity (Wildman–Crippen MR) is 128 cm³/mol. The van der Waals surface area contributed by atoms with Crippen molar-refractivity contribution >= 4 is 58.0 Å². The summed E-state index contributed by atoms with van der Waals surface area (Å²) in [7, 11) is 0. The first-order valence-electron chi connectivity index (χ1n) is 10.8. The molecule has 0 aliphatic carbocycles. The molecule has 1 saturated heterocycles. The predicted octanol–water partition coefficient (Wildman–Crippen LogP) is 1.61. The summed E-state index contributed by atoms with van der Waals surface area (Å²) >= 11 is 6.14. The zero-order valence-electron chi connectivity index (χ0n) is 20.8. The number of thioether (sulfide) groups is 1. The second kappa shape index (κ2) is 15.4. The van der Waals surface area contributed by atoms with Crippen LogP contribution in [0.5, 0.6) is 0 Å². The molecule has 1 fully saturated rings. The molecular weight excluding hydrogens is 520 g/mol. The third-order valence-corrected chi connectivity index (χ3v) is 5.63. The van der Waals surface area contributed by atoms with Crippen LogP contribution in [0.2, 0.25) is 0 Å². The molecule has 12 nitrogen and oxygen atoms in total. The highest BCUT2D eigenvalue weighted by Crippen LogP contribution is 2.30. The van der Waals surface area contributed by atoms with Crippen LogP contribution in [-0.4, -0.2) is 83.7 Å². The third-order valence-electron chi connectivity index (χ3n) is 4.35. The van der Waals surface area contributed by atoms with Crippen LogP contribution in [0.15, 0.2) is 11.8 Å². The molecule has 0 N–H and O–H groups in total. The summed E-state index contributed by atoms with van der Waals surface area (Å²) in [5.74, 6) is -3.18. The van der Waals surface area contributed by atoms with Gasteiger partial charge in [-0.15, -0.1) is 0 Å². The minimum Gasteiger partial charge on any atom is -0.479 e. The molecule has 5 atom stereocenters. The molecule has 0 spiro atoms. The Bertz CT molecular complexity index is 871. The first-order valence-corrected chi connectivity index (χ1v) is 12.2. The minimum absolute atomic E-state index is 0.111. The molecule has 0 aromatic rings. The van der Waals surface area contributed by atoms with Gasteiger partial charge in [0.15, 0.2) is 18.0 Å². The fourth-order valence-corrected chi connectivity index (χ4v) is 4.00. The Hall–Kier alpha value is -2.71. The van der Waals surface area contributed by atoms with Gasteiger partial charge in [0.2, 0.25) is 16.8 Å². The highest BCUT2D eigenvalue weighted by molar-refractivity contribution is 8.22. The number of carbonyl (C=O) groups is 5. The first-order chi connectivity index (χ1) is 16.8. The van der Waals surface area contributed by atoms with E-state index in [2.05, 4.69) is 0 Å². The van der Waals surface area contributed by atoms with Crippen LogP contribution < -0.4 is 0 Å². The van der Waals surface area contributed by atoms with Gasteiger partial charge in [0, 0.05) is 39.0 Å². The van der Waals surface area contributed by atoms with Crippen molar-refractivity contribution in [3.05, 3.63) is 11.8 Å². The molecule has 14 heteroatoms. The summed E-state index contributed by atoms with van der Waals surface area (Å²) in [6.07, 6.45) is -5.62. The van der Waals surface area contributed by atoms with E-state index in [0.717, 1.165) is 45.7 Å². The summed E-state index contributed by atoms with van der Waals surface area (Å²) in [6.45, 7) is 7.53. The third kappa shape index (κ3) is 10.9. The number of Topliss-reactive ketones (excluding diaryl/α,β-unsaturated/α-hetero) is 1. The smallest absolute Gasteiger partial charge is 0.303 e. The number of carbonyl (C=O) groups excluding carboxylic acids is 5. The molecule has 0 bridgehead atoms. The molecule has 0 aromatic carbocycles. The van der Waals surface area contributed by atoms with Crippen molar-refractivity contribution in [2.75, 3.05) is 19.0 Å². The highest BCUT2D eigenvalue weighted by atomic mass is 32.2. The topological polar surface area (TPSA) is 150 Å². The van der Waals surface area contributed by atoms with Crippen LogP contribution in [-0.2, 0) is 57.1 Å². The van der Waals surface area contributed by atoms with Crippen LogP contribution in [0, 0.1) is 0 Å². The van der Waals surface area contributed by atoms with Gasteiger partial charge >= 0.3 is 23.9 Å². The van der Waals surface area contributed by atoms with Gasteiger partial charge in [0.25, 0.3) is 0 Å². The number of rotatable bonds is 11. The molecule has 0 aromatic heterocycles. The van der Waals surface area contributed by atoms with Gasteiger partial charge in [0.05, 0.1) is 12.9 Å². The Kier molecular flexibility index (Phi) is 13.4. The Balaban J connectivity index is 3.35. The second-order valence-electron chi connectivity index (χ2n) is 7.37. The second-order valence-corrected chi connectivity index (χ2v) is 8.95. The lowest BCUT2D eigenvalue weighted by Gasteiger charge is -2.43. The summed E-state index contributed by atoms with van der Waals surface area (Å²) in [6, 6.07) is 0. The molecular formula is C22H30O12S2. The van der Waals surface area contributed by atoms with Gasteiger partial charge in [-0.2, -0.15) is 0 Å². The largest absolute Gasteiger partial charge is 0.479 e. The summed E-state index contributed by atoms with van der Waals surface area (Å²) in [5, 5.41) is 0. The maximum Gasteiger partial charge on any atom is 0.303 e. The maximum absolute atomic E-state index is 12.1. The van der Waals surface area contributed by atoms with Crippen molar-refractivity contribution in [2.45, 2.75) is 72.2 Å². The zero-order valence-corrected chi connectivity index (χ0v) is 22.4. The van der Waals surface area contributed by atoms with Gasteiger partial charge in [-0.1, -0.05) is 11.8 Å². The lowest BCUT2D eigenvalue weighted by atomic mass is 9.98. The summed E-state index contributed by atoms with van der Waals surface area (Å²) in [4.78, 5) is 59.0. The number of esters is 4. The van der Waals surface area contributed by atoms with E-state index in [-0.39, 0.29) is 21.5 Å². The average molecular weight is 551 g/mol. The maximum atomic E-state index is 12.1. The summed E-state index contributed by atoms with van der Waals surface area (Å²) < 4.78 is 37.8. The molecule has 36 heavy (non-hydrogen) atoms. The first kappa shape index (κ1) is 31.3. The van der Waals surface area contributed by atoms with E-state index in [0.29, 0.717) is 6.61 Å². The fourth-order valence-electron chi connectivity index (χ4n) is 2.96. The molecule has 1 aliphatic rings. The molecule has 1 heterocycles. The van der Waals surface area contributed by atoms with Crippen LogP contribution in [0.1, 0.15) is 41.5 Å². The van der Waals surface area contributed by atoms with Crippen LogP contribution in [0.3, 0.4) is 0 Å². The van der Waals surface area contributed by atoms with Gasteiger partial charge in [-0.3, -0.25) is 24.0 Å². The van der Waals surface area contributed by atoms with Crippen molar-refractivity contribution < 1.29 is 57.1 Å². The van der Waals surface area contributed by atoms with E-state index in [1.165, 1.54) is 6.92 Å². The van der Waals surface area contributed by atoms with Crippen molar-refractivity contribution in [1.29, 1.82) is 0 Å². The van der Waals surface area contributed by atoms with Crippen LogP contribution in [0.4, 0.5) is 0 Å². The number of ether oxygens (including phenoxy) is 7.